The number of hydrogen-bond donors (Lipinski definition) is 2. The fraction of sp³-hybridized carbons (Fsp3) is 0.500. The van der Waals surface area contributed by atoms with Crippen molar-refractivity contribution in [1.29, 1.82) is 0 Å². The van der Waals surface area contributed by atoms with Gasteiger partial charge in [0, 0.05) is 20.4 Å². The van der Waals surface area contributed by atoms with Crippen molar-refractivity contribution in [2.24, 2.45) is 7.05 Å². The van der Waals surface area contributed by atoms with Crippen LogP contribution < -0.4 is 5.32 Å². The molecular weight excluding hydrogens is 272 g/mol. The van der Waals surface area contributed by atoms with E-state index in [9.17, 15) is 9.90 Å². The van der Waals surface area contributed by atoms with Gasteiger partial charge in [-0.1, -0.05) is 0 Å². The molecule has 1 aliphatic carbocycles. The van der Waals surface area contributed by atoms with Crippen LogP contribution in [0.3, 0.4) is 0 Å². The van der Waals surface area contributed by atoms with Crippen molar-refractivity contribution in [2.45, 2.75) is 31.4 Å². The van der Waals surface area contributed by atoms with Gasteiger partial charge in [0.1, 0.15) is 5.56 Å². The molecule has 0 spiro atoms. The zero-order chi connectivity index (χ0) is 15.0. The average Bonchev–Trinajstić information content (AvgIpc) is 3.06. The summed E-state index contributed by atoms with van der Waals surface area (Å²) in [5.41, 5.74) is 1.40. The fourth-order valence-corrected chi connectivity index (χ4v) is 2.97. The summed E-state index contributed by atoms with van der Waals surface area (Å²) in [6.07, 6.45) is 6.14. The van der Waals surface area contributed by atoms with Crippen LogP contribution in [0.15, 0.2) is 12.4 Å². The number of methoxy groups -OCH3 is 1. The van der Waals surface area contributed by atoms with E-state index in [1.807, 2.05) is 0 Å². The summed E-state index contributed by atoms with van der Waals surface area (Å²) >= 11 is 0. The van der Waals surface area contributed by atoms with Crippen molar-refractivity contribution in [1.82, 2.24) is 14.8 Å². The number of carboxylic acids is 1. The summed E-state index contributed by atoms with van der Waals surface area (Å²) in [6.45, 7) is 0. The summed E-state index contributed by atoms with van der Waals surface area (Å²) in [4.78, 5) is 15.6. The number of pyridine rings is 1. The van der Waals surface area contributed by atoms with Gasteiger partial charge in [0.2, 0.25) is 0 Å². The lowest BCUT2D eigenvalue weighted by Crippen LogP contribution is -2.30. The lowest BCUT2D eigenvalue weighted by atomic mass is 10.1. The van der Waals surface area contributed by atoms with Crippen molar-refractivity contribution >= 4 is 22.7 Å². The molecule has 2 aromatic heterocycles. The first-order valence-electron chi connectivity index (χ1n) is 6.95. The Morgan fingerprint density at radius 1 is 1.48 bits per heavy atom. The molecule has 0 bridgehead atoms. The van der Waals surface area contributed by atoms with E-state index in [4.69, 9.17) is 4.74 Å². The van der Waals surface area contributed by atoms with Crippen LogP contribution in [0.25, 0.3) is 11.0 Å². The molecule has 2 atom stereocenters. The molecule has 0 aliphatic heterocycles. The van der Waals surface area contributed by atoms with E-state index in [-0.39, 0.29) is 17.7 Å². The molecule has 112 valence electrons. The Hall–Kier alpha value is -2.15. The van der Waals surface area contributed by atoms with Crippen molar-refractivity contribution in [3.05, 3.63) is 18.0 Å². The summed E-state index contributed by atoms with van der Waals surface area (Å²) in [5.74, 6) is -0.997. The van der Waals surface area contributed by atoms with Crippen LogP contribution in [0.4, 0.5) is 5.69 Å². The predicted molar refractivity (Wildman–Crippen MR) is 77.5 cm³/mol. The highest BCUT2D eigenvalue weighted by Crippen LogP contribution is 2.31. The van der Waals surface area contributed by atoms with Gasteiger partial charge in [0.25, 0.3) is 0 Å². The SMILES string of the molecule is COC1CCCC1Nc1c(C(=O)O)cnc2c1cnn2C. The Morgan fingerprint density at radius 2 is 2.29 bits per heavy atom. The van der Waals surface area contributed by atoms with E-state index in [2.05, 4.69) is 15.4 Å². The Morgan fingerprint density at radius 3 is 3.00 bits per heavy atom. The van der Waals surface area contributed by atoms with Crippen molar-refractivity contribution in [3.8, 4) is 0 Å². The quantitative estimate of drug-likeness (QED) is 0.890. The molecular formula is C14H18N4O3. The topological polar surface area (TPSA) is 89.3 Å². The first-order chi connectivity index (χ1) is 10.1. The molecule has 7 heteroatoms. The maximum Gasteiger partial charge on any atom is 0.339 e. The predicted octanol–water partition coefficient (Wildman–Crippen LogP) is 1.65. The number of hydrogen-bond acceptors (Lipinski definition) is 5. The Labute approximate surface area is 121 Å². The largest absolute Gasteiger partial charge is 0.478 e. The smallest absolute Gasteiger partial charge is 0.339 e. The zero-order valence-electron chi connectivity index (χ0n) is 12.0. The van der Waals surface area contributed by atoms with Crippen LogP contribution in [0.2, 0.25) is 0 Å². The standard InChI is InChI=1S/C14H18N4O3/c1-18-13-8(7-16-18)12(9(6-15-13)14(19)20)17-10-4-3-5-11(10)21-2/h6-7,10-11H,3-5H2,1-2H3,(H,15,17)(H,19,20). The number of nitrogens with zero attached hydrogens (tertiary/aromatic N) is 3. The molecule has 2 N–H and O–H groups in total. The van der Waals surface area contributed by atoms with Crippen LogP contribution in [0.5, 0.6) is 0 Å². The Kier molecular flexibility index (Phi) is 3.50. The number of carboxylic acid groups (broad SMARTS) is 1. The molecule has 1 saturated carbocycles. The maximum absolute atomic E-state index is 11.5. The van der Waals surface area contributed by atoms with E-state index in [0.717, 1.165) is 24.6 Å². The fourth-order valence-electron chi connectivity index (χ4n) is 2.97. The average molecular weight is 290 g/mol. The van der Waals surface area contributed by atoms with Crippen LogP contribution in [-0.4, -0.2) is 45.1 Å². The van der Waals surface area contributed by atoms with Crippen molar-refractivity contribution < 1.29 is 14.6 Å². The number of aromatic carboxylic acids is 1. The van der Waals surface area contributed by atoms with Gasteiger partial charge in [-0.3, -0.25) is 4.68 Å². The van der Waals surface area contributed by atoms with E-state index in [0.29, 0.717) is 11.3 Å². The Balaban J connectivity index is 2.06. The highest BCUT2D eigenvalue weighted by molar-refractivity contribution is 6.03. The van der Waals surface area contributed by atoms with Gasteiger partial charge in [0.05, 0.1) is 29.4 Å². The van der Waals surface area contributed by atoms with Crippen LogP contribution >= 0.6 is 0 Å². The van der Waals surface area contributed by atoms with E-state index in [1.54, 1.807) is 25.0 Å². The molecule has 7 nitrogen and oxygen atoms in total. The van der Waals surface area contributed by atoms with Gasteiger partial charge < -0.3 is 15.2 Å². The van der Waals surface area contributed by atoms with E-state index < -0.39 is 5.97 Å². The summed E-state index contributed by atoms with van der Waals surface area (Å²) in [7, 11) is 3.47. The molecule has 0 radical (unpaired) electrons. The maximum atomic E-state index is 11.5. The van der Waals surface area contributed by atoms with Gasteiger partial charge in [0.15, 0.2) is 5.65 Å². The normalized spacial score (nSPS) is 21.8. The monoisotopic (exact) mass is 290 g/mol. The number of nitrogens with one attached hydrogen (secondary N) is 1. The molecule has 2 unspecified atom stereocenters. The number of rotatable bonds is 4. The van der Waals surface area contributed by atoms with Gasteiger partial charge >= 0.3 is 5.97 Å². The van der Waals surface area contributed by atoms with Gasteiger partial charge in [-0.2, -0.15) is 5.10 Å². The minimum Gasteiger partial charge on any atom is -0.478 e. The third-order valence-corrected chi connectivity index (χ3v) is 4.08. The second-order valence-corrected chi connectivity index (χ2v) is 5.31. The van der Waals surface area contributed by atoms with Gasteiger partial charge in [-0.05, 0) is 19.3 Å². The second-order valence-electron chi connectivity index (χ2n) is 5.31. The minimum atomic E-state index is -0.997. The van der Waals surface area contributed by atoms with E-state index in [1.165, 1.54) is 6.20 Å². The van der Waals surface area contributed by atoms with Crippen molar-refractivity contribution in [2.75, 3.05) is 12.4 Å². The molecule has 1 fully saturated rings. The molecule has 0 saturated heterocycles. The highest BCUT2D eigenvalue weighted by Gasteiger charge is 2.29. The van der Waals surface area contributed by atoms with E-state index >= 15 is 0 Å². The zero-order valence-corrected chi connectivity index (χ0v) is 12.0. The number of aryl methyl sites for hydroxylation is 1. The first kappa shape index (κ1) is 13.8. The molecule has 3 rings (SSSR count). The molecule has 2 heterocycles. The number of anilines is 1. The number of aromatic nitrogens is 3. The molecule has 21 heavy (non-hydrogen) atoms. The Bertz CT molecular complexity index is 682. The summed E-state index contributed by atoms with van der Waals surface area (Å²) in [6, 6.07) is 0.110. The lowest BCUT2D eigenvalue weighted by Gasteiger charge is -2.22. The lowest BCUT2D eigenvalue weighted by molar-refractivity contribution is 0.0697. The third kappa shape index (κ3) is 2.33. The summed E-state index contributed by atoms with van der Waals surface area (Å²) < 4.78 is 7.10. The first-order valence-corrected chi connectivity index (χ1v) is 6.95. The molecule has 0 aromatic carbocycles. The number of fused-ring (bicyclic) bond motifs is 1. The van der Waals surface area contributed by atoms with Crippen LogP contribution in [-0.2, 0) is 11.8 Å². The third-order valence-electron chi connectivity index (χ3n) is 4.08. The summed E-state index contributed by atoms with van der Waals surface area (Å²) in [5, 5.41) is 17.6. The highest BCUT2D eigenvalue weighted by atomic mass is 16.5. The minimum absolute atomic E-state index is 0.103. The molecule has 2 aromatic rings. The molecule has 0 amide bonds. The van der Waals surface area contributed by atoms with Gasteiger partial charge in [-0.15, -0.1) is 0 Å². The van der Waals surface area contributed by atoms with Crippen LogP contribution in [0, 0.1) is 0 Å². The van der Waals surface area contributed by atoms with Gasteiger partial charge in [-0.25, -0.2) is 9.78 Å². The number of carbonyl (C=O) groups is 1. The van der Waals surface area contributed by atoms with Crippen molar-refractivity contribution in [3.63, 3.8) is 0 Å². The second kappa shape index (κ2) is 5.33. The molecule has 1 aliphatic rings. The van der Waals surface area contributed by atoms with Crippen LogP contribution in [0.1, 0.15) is 29.6 Å². The number of ether oxygens (including phenoxy) is 1.